The van der Waals surface area contributed by atoms with Crippen molar-refractivity contribution in [3.63, 3.8) is 0 Å². The van der Waals surface area contributed by atoms with Crippen LogP contribution >= 0.6 is 13.5 Å². The zero-order chi connectivity index (χ0) is 6.08. The lowest BCUT2D eigenvalue weighted by Gasteiger charge is -2.22. The first kappa shape index (κ1) is 11.2. The van der Waals surface area contributed by atoms with E-state index in [0.717, 1.165) is 5.92 Å². The zero-order valence-electron chi connectivity index (χ0n) is 6.58. The van der Waals surface area contributed by atoms with Gasteiger partial charge in [-0.05, 0) is 11.3 Å². The molecule has 52 valence electrons. The van der Waals surface area contributed by atoms with Gasteiger partial charge in [0.05, 0.1) is 0 Å². The molecule has 0 bridgehead atoms. The molecule has 0 saturated heterocycles. The van der Waals surface area contributed by atoms with E-state index in [1.807, 2.05) is 0 Å². The Hall–Kier alpha value is 0.350. The van der Waals surface area contributed by atoms with Crippen LogP contribution in [0.2, 0.25) is 0 Å². The largest absolute Gasteiger partial charge is 0.197 e. The van der Waals surface area contributed by atoms with Crippen LogP contribution < -0.4 is 0 Å². The lowest BCUT2D eigenvalue weighted by atomic mass is 9.84. The van der Waals surface area contributed by atoms with Gasteiger partial charge in [0.2, 0.25) is 0 Å². The highest BCUT2D eigenvalue weighted by Crippen LogP contribution is 2.23. The van der Waals surface area contributed by atoms with E-state index in [9.17, 15) is 0 Å². The first-order valence-electron chi connectivity index (χ1n) is 2.94. The molecule has 0 spiro atoms. The Balaban J connectivity index is 0. The van der Waals surface area contributed by atoms with Gasteiger partial charge < -0.3 is 0 Å². The van der Waals surface area contributed by atoms with Crippen molar-refractivity contribution in [3.05, 3.63) is 0 Å². The van der Waals surface area contributed by atoms with Gasteiger partial charge in [0, 0.05) is 0 Å². The smallest absolute Gasteiger partial charge is 0.0360 e. The average Bonchev–Trinajstić information content (AvgIpc) is 1.31. The van der Waals surface area contributed by atoms with Gasteiger partial charge in [-0.1, -0.05) is 34.6 Å². The molecule has 0 aliphatic heterocycles. The van der Waals surface area contributed by atoms with Gasteiger partial charge in [-0.3, -0.25) is 0 Å². The highest BCUT2D eigenvalue weighted by molar-refractivity contribution is 7.59. The van der Waals surface area contributed by atoms with E-state index >= 15 is 0 Å². The molecule has 0 aromatic rings. The summed E-state index contributed by atoms with van der Waals surface area (Å²) < 4.78 is 0. The minimum Gasteiger partial charge on any atom is -0.197 e. The molecule has 0 saturated carbocycles. The monoisotopic (exact) mass is 134 g/mol. The van der Waals surface area contributed by atoms with E-state index < -0.39 is 0 Å². The molecule has 0 aromatic carbocycles. The van der Waals surface area contributed by atoms with Crippen LogP contribution in [0.25, 0.3) is 0 Å². The fourth-order valence-electron chi connectivity index (χ4n) is 0. The third-order valence-corrected chi connectivity index (χ3v) is 1.73. The molecule has 0 aliphatic rings. The minimum atomic E-state index is 0. The minimum absolute atomic E-state index is 0. The number of hydrogen-bond donors (Lipinski definition) is 0. The van der Waals surface area contributed by atoms with Gasteiger partial charge in [-0.15, -0.1) is 0 Å². The van der Waals surface area contributed by atoms with Crippen molar-refractivity contribution in [3.8, 4) is 0 Å². The SMILES string of the molecule is CC(C)C(C)(C)C.S. The summed E-state index contributed by atoms with van der Waals surface area (Å²) >= 11 is 0. The fraction of sp³-hybridized carbons (Fsp3) is 1.00. The van der Waals surface area contributed by atoms with E-state index in [2.05, 4.69) is 34.6 Å². The lowest BCUT2D eigenvalue weighted by molar-refractivity contribution is 0.283. The van der Waals surface area contributed by atoms with E-state index in [1.165, 1.54) is 0 Å². The first-order valence-corrected chi connectivity index (χ1v) is 2.94. The molecule has 0 heterocycles. The summed E-state index contributed by atoms with van der Waals surface area (Å²) in [6.07, 6.45) is 0. The predicted molar refractivity (Wildman–Crippen MR) is 44.7 cm³/mol. The molecule has 0 radical (unpaired) electrons. The Morgan fingerprint density at radius 3 is 1.12 bits per heavy atom. The summed E-state index contributed by atoms with van der Waals surface area (Å²) in [5.41, 5.74) is 0.500. The maximum absolute atomic E-state index is 2.26. The van der Waals surface area contributed by atoms with Gasteiger partial charge in [-0.2, -0.15) is 13.5 Å². The molecule has 0 aromatic heterocycles. The van der Waals surface area contributed by atoms with Gasteiger partial charge in [0.1, 0.15) is 0 Å². The Morgan fingerprint density at radius 2 is 1.12 bits per heavy atom. The van der Waals surface area contributed by atoms with Gasteiger partial charge in [0.25, 0.3) is 0 Å². The molecule has 0 unspecified atom stereocenters. The third kappa shape index (κ3) is 4.51. The van der Waals surface area contributed by atoms with Crippen molar-refractivity contribution in [2.75, 3.05) is 0 Å². The van der Waals surface area contributed by atoms with E-state index in [1.54, 1.807) is 0 Å². The van der Waals surface area contributed by atoms with Crippen LogP contribution in [0.3, 0.4) is 0 Å². The van der Waals surface area contributed by atoms with Crippen molar-refractivity contribution in [2.45, 2.75) is 34.6 Å². The van der Waals surface area contributed by atoms with Crippen molar-refractivity contribution in [1.82, 2.24) is 0 Å². The Kier molecular flexibility index (Phi) is 4.74. The highest BCUT2D eigenvalue weighted by atomic mass is 32.1. The summed E-state index contributed by atoms with van der Waals surface area (Å²) in [6, 6.07) is 0. The Labute approximate surface area is 60.1 Å². The summed E-state index contributed by atoms with van der Waals surface area (Å²) in [7, 11) is 0. The zero-order valence-corrected chi connectivity index (χ0v) is 7.58. The van der Waals surface area contributed by atoms with Crippen LogP contribution in [0.4, 0.5) is 0 Å². The molecule has 0 nitrogen and oxygen atoms in total. The molecule has 0 atom stereocenters. The average molecular weight is 134 g/mol. The van der Waals surface area contributed by atoms with Crippen LogP contribution in [0.1, 0.15) is 34.6 Å². The highest BCUT2D eigenvalue weighted by Gasteiger charge is 2.13. The van der Waals surface area contributed by atoms with Crippen LogP contribution in [0.5, 0.6) is 0 Å². The number of hydrogen-bond acceptors (Lipinski definition) is 0. The summed E-state index contributed by atoms with van der Waals surface area (Å²) in [5, 5.41) is 0. The molecular weight excluding hydrogens is 116 g/mol. The Bertz CT molecular complexity index is 49.9. The second-order valence-corrected chi connectivity index (χ2v) is 3.52. The fourth-order valence-corrected chi connectivity index (χ4v) is 0. The van der Waals surface area contributed by atoms with Crippen LogP contribution in [0.15, 0.2) is 0 Å². The maximum Gasteiger partial charge on any atom is -0.0360 e. The quantitative estimate of drug-likeness (QED) is 0.478. The van der Waals surface area contributed by atoms with Crippen molar-refractivity contribution < 1.29 is 0 Å². The number of rotatable bonds is 0. The molecule has 8 heavy (non-hydrogen) atoms. The lowest BCUT2D eigenvalue weighted by Crippen LogP contribution is -2.12. The van der Waals surface area contributed by atoms with Crippen LogP contribution in [0, 0.1) is 11.3 Å². The van der Waals surface area contributed by atoms with Gasteiger partial charge >= 0.3 is 0 Å². The third-order valence-electron chi connectivity index (χ3n) is 1.73. The summed E-state index contributed by atoms with van der Waals surface area (Å²) in [6.45, 7) is 11.3. The summed E-state index contributed by atoms with van der Waals surface area (Å²) in [4.78, 5) is 0. The topological polar surface area (TPSA) is 0 Å². The van der Waals surface area contributed by atoms with Crippen molar-refractivity contribution >= 4 is 13.5 Å². The van der Waals surface area contributed by atoms with Crippen molar-refractivity contribution in [1.29, 1.82) is 0 Å². The molecule has 1 heteroatoms. The van der Waals surface area contributed by atoms with E-state index in [0.29, 0.717) is 5.41 Å². The second-order valence-electron chi connectivity index (χ2n) is 3.52. The molecule has 0 rings (SSSR count). The van der Waals surface area contributed by atoms with Gasteiger partial charge in [0.15, 0.2) is 0 Å². The molecular formula is C7H18S. The van der Waals surface area contributed by atoms with Crippen LogP contribution in [-0.4, -0.2) is 0 Å². The van der Waals surface area contributed by atoms with Crippen LogP contribution in [-0.2, 0) is 0 Å². The molecule has 0 fully saturated rings. The van der Waals surface area contributed by atoms with Gasteiger partial charge in [-0.25, -0.2) is 0 Å². The standard InChI is InChI=1S/C7H16.H2S/c1-6(2)7(3,4)5;/h6H,1-5H3;1H2. The predicted octanol–water partition coefficient (Wildman–Crippen LogP) is 2.80. The van der Waals surface area contributed by atoms with E-state index in [-0.39, 0.29) is 13.5 Å². The molecule has 0 amide bonds. The normalized spacial score (nSPS) is 11.2. The second kappa shape index (κ2) is 3.39. The molecule has 0 N–H and O–H groups in total. The van der Waals surface area contributed by atoms with Crippen molar-refractivity contribution in [2.24, 2.45) is 11.3 Å². The van der Waals surface area contributed by atoms with E-state index in [4.69, 9.17) is 0 Å². The summed E-state index contributed by atoms with van der Waals surface area (Å²) in [5.74, 6) is 0.799. The molecule has 0 aliphatic carbocycles. The Morgan fingerprint density at radius 1 is 1.00 bits per heavy atom. The first-order chi connectivity index (χ1) is 2.94. The maximum atomic E-state index is 2.26.